The summed E-state index contributed by atoms with van der Waals surface area (Å²) in [4.78, 5) is 23.1. The molecule has 0 fully saturated rings. The van der Waals surface area contributed by atoms with Gasteiger partial charge in [0.25, 0.3) is 5.69 Å². The van der Waals surface area contributed by atoms with E-state index >= 15 is 0 Å². The summed E-state index contributed by atoms with van der Waals surface area (Å²) in [7, 11) is 0. The zero-order valence-electron chi connectivity index (χ0n) is 21.0. The fraction of sp³-hybridized carbons (Fsp3) is 0.321. The summed E-state index contributed by atoms with van der Waals surface area (Å²) in [5.74, 6) is -0.254. The lowest BCUT2D eigenvalue weighted by molar-refractivity contribution is -0.384. The molecule has 0 aromatic heterocycles. The van der Waals surface area contributed by atoms with Crippen molar-refractivity contribution < 1.29 is 23.9 Å². The second-order valence-corrected chi connectivity index (χ2v) is 8.50. The molecule has 3 aromatic rings. The molecule has 0 saturated carbocycles. The number of nitrogens with one attached hydrogen (secondary N) is 2. The van der Waals surface area contributed by atoms with Gasteiger partial charge in [0.2, 0.25) is 0 Å². The number of non-ortho nitro benzene ring substituents is 1. The SMILES string of the molecule is CCOC(NC(=O)OCc1ccccc1)[C@H](C)[C@@H](COCc1ccccc1)Nc1ccc([N+](=O)[O-])cc1. The van der Waals surface area contributed by atoms with E-state index in [2.05, 4.69) is 10.6 Å². The fourth-order valence-corrected chi connectivity index (χ4v) is 3.69. The minimum Gasteiger partial charge on any atom is -0.445 e. The number of anilines is 1. The summed E-state index contributed by atoms with van der Waals surface area (Å²) in [5.41, 5.74) is 2.61. The Morgan fingerprint density at radius 3 is 2.08 bits per heavy atom. The van der Waals surface area contributed by atoms with E-state index in [0.29, 0.717) is 25.5 Å². The Balaban J connectivity index is 1.68. The van der Waals surface area contributed by atoms with E-state index in [1.807, 2.05) is 74.5 Å². The predicted molar refractivity (Wildman–Crippen MR) is 141 cm³/mol. The first-order chi connectivity index (χ1) is 18.0. The highest BCUT2D eigenvalue weighted by molar-refractivity contribution is 5.67. The van der Waals surface area contributed by atoms with Crippen molar-refractivity contribution >= 4 is 17.5 Å². The van der Waals surface area contributed by atoms with Crippen molar-refractivity contribution in [2.75, 3.05) is 18.5 Å². The smallest absolute Gasteiger partial charge is 0.409 e. The number of alkyl carbamates (subject to hydrolysis) is 1. The van der Waals surface area contributed by atoms with Crippen LogP contribution < -0.4 is 10.6 Å². The Morgan fingerprint density at radius 2 is 1.51 bits per heavy atom. The molecule has 0 spiro atoms. The summed E-state index contributed by atoms with van der Waals surface area (Å²) in [5, 5.41) is 17.2. The molecule has 0 aliphatic heterocycles. The topological polar surface area (TPSA) is 112 Å². The Bertz CT molecular complexity index is 1100. The summed E-state index contributed by atoms with van der Waals surface area (Å²) < 4.78 is 17.3. The molecule has 0 aliphatic carbocycles. The molecule has 0 aliphatic rings. The van der Waals surface area contributed by atoms with Crippen LogP contribution in [0.25, 0.3) is 0 Å². The Labute approximate surface area is 216 Å². The molecule has 9 heteroatoms. The first kappa shape index (κ1) is 27.6. The molecule has 3 aromatic carbocycles. The van der Waals surface area contributed by atoms with Crippen molar-refractivity contribution in [3.63, 3.8) is 0 Å². The quantitative estimate of drug-likeness (QED) is 0.168. The van der Waals surface area contributed by atoms with E-state index in [4.69, 9.17) is 14.2 Å². The summed E-state index contributed by atoms with van der Waals surface area (Å²) in [6.07, 6.45) is -1.25. The van der Waals surface area contributed by atoms with E-state index in [-0.39, 0.29) is 24.3 Å². The largest absolute Gasteiger partial charge is 0.445 e. The van der Waals surface area contributed by atoms with Crippen molar-refractivity contribution in [1.29, 1.82) is 0 Å². The van der Waals surface area contributed by atoms with Gasteiger partial charge in [-0.25, -0.2) is 4.79 Å². The number of nitro benzene ring substituents is 1. The number of carbonyl (C=O) groups is 1. The van der Waals surface area contributed by atoms with Crippen LogP contribution in [0.3, 0.4) is 0 Å². The predicted octanol–water partition coefficient (Wildman–Crippen LogP) is 5.52. The van der Waals surface area contributed by atoms with Gasteiger partial charge in [-0.3, -0.25) is 15.4 Å². The summed E-state index contributed by atoms with van der Waals surface area (Å²) in [6.45, 7) is 5.02. The Kier molecular flexibility index (Phi) is 10.9. The molecule has 0 heterocycles. The number of nitrogens with zero attached hydrogens (tertiary/aromatic N) is 1. The van der Waals surface area contributed by atoms with Crippen LogP contribution in [0.1, 0.15) is 25.0 Å². The van der Waals surface area contributed by atoms with E-state index in [1.54, 1.807) is 12.1 Å². The fourth-order valence-electron chi connectivity index (χ4n) is 3.69. The molecule has 3 atom stereocenters. The van der Waals surface area contributed by atoms with E-state index < -0.39 is 17.2 Å². The van der Waals surface area contributed by atoms with Crippen LogP contribution in [0.4, 0.5) is 16.2 Å². The van der Waals surface area contributed by atoms with Gasteiger partial charge in [-0.2, -0.15) is 0 Å². The standard InChI is InChI=1S/C28H33N3O6/c1-3-36-27(30-28(32)37-19-23-12-8-5-9-13-23)21(2)26(20-35-18-22-10-6-4-7-11-22)29-24-14-16-25(17-15-24)31(33)34/h4-17,21,26-27,29H,3,18-20H2,1-2H3,(H,30,32)/t21-,26-,27?/m1/s1. The van der Waals surface area contributed by atoms with Crippen molar-refractivity contribution in [2.24, 2.45) is 5.92 Å². The second kappa shape index (κ2) is 14.6. The number of rotatable bonds is 14. The molecule has 0 saturated heterocycles. The highest BCUT2D eigenvalue weighted by Gasteiger charge is 2.29. The van der Waals surface area contributed by atoms with Crippen LogP contribution in [0.5, 0.6) is 0 Å². The average molecular weight is 508 g/mol. The molecule has 1 amide bonds. The monoisotopic (exact) mass is 507 g/mol. The molecule has 0 radical (unpaired) electrons. The number of hydrogen-bond acceptors (Lipinski definition) is 7. The van der Waals surface area contributed by atoms with Crippen LogP contribution in [0, 0.1) is 16.0 Å². The Morgan fingerprint density at radius 1 is 0.919 bits per heavy atom. The molecule has 37 heavy (non-hydrogen) atoms. The summed E-state index contributed by atoms with van der Waals surface area (Å²) >= 11 is 0. The lowest BCUT2D eigenvalue weighted by atomic mass is 10.00. The lowest BCUT2D eigenvalue weighted by Crippen LogP contribution is -2.48. The van der Waals surface area contributed by atoms with Crippen molar-refractivity contribution in [3.8, 4) is 0 Å². The van der Waals surface area contributed by atoms with Gasteiger partial charge in [-0.1, -0.05) is 67.6 Å². The molecule has 2 N–H and O–H groups in total. The number of benzene rings is 3. The van der Waals surface area contributed by atoms with Gasteiger partial charge in [0, 0.05) is 30.3 Å². The third kappa shape index (κ3) is 9.21. The van der Waals surface area contributed by atoms with E-state index in [9.17, 15) is 14.9 Å². The third-order valence-electron chi connectivity index (χ3n) is 5.77. The molecule has 9 nitrogen and oxygen atoms in total. The number of hydrogen-bond donors (Lipinski definition) is 2. The van der Waals surface area contributed by atoms with Gasteiger partial charge in [-0.15, -0.1) is 0 Å². The maximum atomic E-state index is 12.6. The van der Waals surface area contributed by atoms with Crippen molar-refractivity contribution in [3.05, 3.63) is 106 Å². The summed E-state index contributed by atoms with van der Waals surface area (Å²) in [6, 6.07) is 25.1. The Hall–Kier alpha value is -3.95. The number of carbonyl (C=O) groups excluding carboxylic acids is 1. The van der Waals surface area contributed by atoms with Crippen LogP contribution in [-0.4, -0.2) is 36.5 Å². The van der Waals surface area contributed by atoms with Gasteiger partial charge in [0.05, 0.1) is 24.2 Å². The number of amides is 1. The first-order valence-electron chi connectivity index (χ1n) is 12.2. The van der Waals surface area contributed by atoms with Crippen LogP contribution in [-0.2, 0) is 27.4 Å². The molecule has 1 unspecified atom stereocenters. The van der Waals surface area contributed by atoms with Gasteiger partial charge >= 0.3 is 6.09 Å². The number of ether oxygens (including phenoxy) is 3. The molecule has 196 valence electrons. The average Bonchev–Trinajstić information content (AvgIpc) is 2.92. The first-order valence-corrected chi connectivity index (χ1v) is 12.2. The van der Waals surface area contributed by atoms with Crippen LogP contribution in [0.2, 0.25) is 0 Å². The lowest BCUT2D eigenvalue weighted by Gasteiger charge is -2.32. The van der Waals surface area contributed by atoms with Crippen LogP contribution in [0.15, 0.2) is 84.9 Å². The maximum absolute atomic E-state index is 12.6. The van der Waals surface area contributed by atoms with Crippen molar-refractivity contribution in [2.45, 2.75) is 39.3 Å². The molecule has 0 bridgehead atoms. The van der Waals surface area contributed by atoms with Crippen molar-refractivity contribution in [1.82, 2.24) is 5.32 Å². The minimum absolute atomic E-state index is 0.00509. The van der Waals surface area contributed by atoms with Gasteiger partial charge < -0.3 is 19.5 Å². The normalized spacial score (nSPS) is 13.2. The maximum Gasteiger partial charge on any atom is 0.409 e. The van der Waals surface area contributed by atoms with Gasteiger partial charge in [0.1, 0.15) is 12.8 Å². The number of nitro groups is 1. The molecular formula is C28H33N3O6. The highest BCUT2D eigenvalue weighted by atomic mass is 16.6. The van der Waals surface area contributed by atoms with Gasteiger partial charge in [-0.05, 0) is 30.2 Å². The van der Waals surface area contributed by atoms with E-state index in [1.165, 1.54) is 12.1 Å². The third-order valence-corrected chi connectivity index (χ3v) is 5.77. The van der Waals surface area contributed by atoms with Crippen LogP contribution >= 0.6 is 0 Å². The van der Waals surface area contributed by atoms with Gasteiger partial charge in [0.15, 0.2) is 0 Å². The zero-order chi connectivity index (χ0) is 26.5. The molecular weight excluding hydrogens is 474 g/mol. The second-order valence-electron chi connectivity index (χ2n) is 8.50. The highest BCUT2D eigenvalue weighted by Crippen LogP contribution is 2.21. The van der Waals surface area contributed by atoms with E-state index in [0.717, 1.165) is 11.1 Å². The minimum atomic E-state index is -0.663. The zero-order valence-corrected chi connectivity index (χ0v) is 21.0. The molecule has 3 rings (SSSR count).